The zero-order chi connectivity index (χ0) is 14.7. The number of nitrogens with zero attached hydrogens (tertiary/aromatic N) is 1. The summed E-state index contributed by atoms with van der Waals surface area (Å²) in [5.74, 6) is -0.342. The van der Waals surface area contributed by atoms with Crippen LogP contribution in [0.5, 0.6) is 0 Å². The molecule has 1 saturated heterocycles. The molecule has 1 amide bonds. The van der Waals surface area contributed by atoms with Crippen LogP contribution in [0.25, 0.3) is 0 Å². The molecule has 0 N–H and O–H groups in total. The van der Waals surface area contributed by atoms with E-state index in [-0.39, 0.29) is 23.7 Å². The van der Waals surface area contributed by atoms with Crippen LogP contribution in [0, 0.1) is 11.8 Å². The van der Waals surface area contributed by atoms with E-state index in [0.717, 1.165) is 10.9 Å². The third-order valence-electron chi connectivity index (χ3n) is 3.76. The number of alkyl halides is 1. The highest BCUT2D eigenvalue weighted by Crippen LogP contribution is 2.25. The standard InChI is InChI=1S/C15H18BrNO3/c1-10-8-17(9-13(10)15(19)20-2)14(18)12-5-3-11(7-16)4-6-12/h3-6,10,13H,7-9H2,1-2H3. The molecule has 0 aromatic heterocycles. The van der Waals surface area contributed by atoms with E-state index in [0.29, 0.717) is 18.7 Å². The van der Waals surface area contributed by atoms with E-state index in [4.69, 9.17) is 4.74 Å². The predicted molar refractivity (Wildman–Crippen MR) is 79.6 cm³/mol. The number of methoxy groups -OCH3 is 1. The van der Waals surface area contributed by atoms with Crippen LogP contribution in [-0.2, 0) is 14.9 Å². The minimum Gasteiger partial charge on any atom is -0.469 e. The van der Waals surface area contributed by atoms with Crippen molar-refractivity contribution in [3.05, 3.63) is 35.4 Å². The van der Waals surface area contributed by atoms with Crippen LogP contribution in [0.2, 0.25) is 0 Å². The van der Waals surface area contributed by atoms with Gasteiger partial charge in [0.1, 0.15) is 0 Å². The van der Waals surface area contributed by atoms with Gasteiger partial charge in [0, 0.05) is 24.0 Å². The van der Waals surface area contributed by atoms with Crippen LogP contribution in [0.4, 0.5) is 0 Å². The van der Waals surface area contributed by atoms with E-state index in [2.05, 4.69) is 15.9 Å². The summed E-state index contributed by atoms with van der Waals surface area (Å²) in [6.07, 6.45) is 0. The van der Waals surface area contributed by atoms with Crippen molar-refractivity contribution in [2.45, 2.75) is 12.3 Å². The Morgan fingerprint density at radius 3 is 2.50 bits per heavy atom. The fourth-order valence-electron chi connectivity index (χ4n) is 2.51. The van der Waals surface area contributed by atoms with Crippen molar-refractivity contribution >= 4 is 27.8 Å². The van der Waals surface area contributed by atoms with Gasteiger partial charge in [-0.2, -0.15) is 0 Å². The lowest BCUT2D eigenvalue weighted by atomic mass is 9.99. The summed E-state index contributed by atoms with van der Waals surface area (Å²) in [5.41, 5.74) is 1.79. The fourth-order valence-corrected chi connectivity index (χ4v) is 2.88. The topological polar surface area (TPSA) is 46.6 Å². The van der Waals surface area contributed by atoms with Gasteiger partial charge in [0.2, 0.25) is 0 Å². The van der Waals surface area contributed by atoms with Crippen LogP contribution in [-0.4, -0.2) is 37.0 Å². The highest BCUT2D eigenvalue weighted by atomic mass is 79.9. The minimum atomic E-state index is -0.234. The monoisotopic (exact) mass is 339 g/mol. The first kappa shape index (κ1) is 15.0. The highest BCUT2D eigenvalue weighted by Gasteiger charge is 2.37. The smallest absolute Gasteiger partial charge is 0.310 e. The molecule has 5 heteroatoms. The van der Waals surface area contributed by atoms with Crippen molar-refractivity contribution in [1.82, 2.24) is 4.90 Å². The largest absolute Gasteiger partial charge is 0.469 e. The Morgan fingerprint density at radius 2 is 1.95 bits per heavy atom. The van der Waals surface area contributed by atoms with Gasteiger partial charge in [-0.1, -0.05) is 35.0 Å². The van der Waals surface area contributed by atoms with E-state index < -0.39 is 0 Å². The van der Waals surface area contributed by atoms with Crippen molar-refractivity contribution in [2.24, 2.45) is 11.8 Å². The molecule has 2 atom stereocenters. The Bertz CT molecular complexity index is 500. The quantitative estimate of drug-likeness (QED) is 0.627. The molecular weight excluding hydrogens is 322 g/mol. The highest BCUT2D eigenvalue weighted by molar-refractivity contribution is 9.08. The molecular formula is C15H18BrNO3. The van der Waals surface area contributed by atoms with Crippen LogP contribution in [0.1, 0.15) is 22.8 Å². The number of hydrogen-bond donors (Lipinski definition) is 0. The molecule has 1 aromatic rings. The summed E-state index contributed by atoms with van der Waals surface area (Å²) in [6, 6.07) is 7.52. The molecule has 0 bridgehead atoms. The van der Waals surface area contributed by atoms with Crippen LogP contribution >= 0.6 is 15.9 Å². The molecule has 4 nitrogen and oxygen atoms in total. The lowest BCUT2D eigenvalue weighted by Crippen LogP contribution is -2.30. The molecule has 1 fully saturated rings. The molecule has 1 heterocycles. The van der Waals surface area contributed by atoms with Gasteiger partial charge in [-0.15, -0.1) is 0 Å². The van der Waals surface area contributed by atoms with Crippen LogP contribution < -0.4 is 0 Å². The van der Waals surface area contributed by atoms with Gasteiger partial charge in [-0.05, 0) is 23.6 Å². The SMILES string of the molecule is COC(=O)C1CN(C(=O)c2ccc(CBr)cc2)CC1C. The summed E-state index contributed by atoms with van der Waals surface area (Å²) in [6.45, 7) is 3.01. The number of hydrogen-bond acceptors (Lipinski definition) is 3. The predicted octanol–water partition coefficient (Wildman–Crippen LogP) is 2.46. The van der Waals surface area contributed by atoms with Gasteiger partial charge in [-0.3, -0.25) is 9.59 Å². The number of carbonyl (C=O) groups is 2. The van der Waals surface area contributed by atoms with Crippen LogP contribution in [0.15, 0.2) is 24.3 Å². The molecule has 20 heavy (non-hydrogen) atoms. The average Bonchev–Trinajstić information content (AvgIpc) is 2.87. The molecule has 2 rings (SSSR count). The average molecular weight is 340 g/mol. The summed E-state index contributed by atoms with van der Waals surface area (Å²) >= 11 is 3.38. The number of ether oxygens (including phenoxy) is 1. The van der Waals surface area contributed by atoms with Gasteiger partial charge < -0.3 is 9.64 Å². The Kier molecular flexibility index (Phi) is 4.81. The summed E-state index contributed by atoms with van der Waals surface area (Å²) in [7, 11) is 1.39. The van der Waals surface area contributed by atoms with Crippen molar-refractivity contribution in [2.75, 3.05) is 20.2 Å². The molecule has 1 aliphatic rings. The van der Waals surface area contributed by atoms with E-state index in [9.17, 15) is 9.59 Å². The van der Waals surface area contributed by atoms with Gasteiger partial charge >= 0.3 is 5.97 Å². The Balaban J connectivity index is 2.08. The Labute approximate surface area is 127 Å². The van der Waals surface area contributed by atoms with Gasteiger partial charge in [0.25, 0.3) is 5.91 Å². The number of esters is 1. The number of carbonyl (C=O) groups excluding carboxylic acids is 2. The Morgan fingerprint density at radius 1 is 1.30 bits per heavy atom. The first-order valence-electron chi connectivity index (χ1n) is 6.58. The summed E-state index contributed by atoms with van der Waals surface area (Å²) in [4.78, 5) is 25.8. The Hall–Kier alpha value is -1.36. The zero-order valence-corrected chi connectivity index (χ0v) is 13.2. The number of benzene rings is 1. The molecule has 0 spiro atoms. The molecule has 108 valence electrons. The van der Waals surface area contributed by atoms with Gasteiger partial charge in [-0.25, -0.2) is 0 Å². The van der Waals surface area contributed by atoms with E-state index in [1.54, 1.807) is 4.90 Å². The zero-order valence-electron chi connectivity index (χ0n) is 11.6. The van der Waals surface area contributed by atoms with Crippen molar-refractivity contribution in [1.29, 1.82) is 0 Å². The molecule has 0 saturated carbocycles. The maximum atomic E-state index is 12.4. The number of halogens is 1. The van der Waals surface area contributed by atoms with E-state index >= 15 is 0 Å². The lowest BCUT2D eigenvalue weighted by molar-refractivity contribution is -0.146. The number of likely N-dealkylation sites (tertiary alicyclic amines) is 1. The van der Waals surface area contributed by atoms with E-state index in [1.165, 1.54) is 7.11 Å². The van der Waals surface area contributed by atoms with Crippen molar-refractivity contribution < 1.29 is 14.3 Å². The van der Waals surface area contributed by atoms with Crippen molar-refractivity contribution in [3.8, 4) is 0 Å². The third kappa shape index (κ3) is 3.03. The minimum absolute atomic E-state index is 0.0237. The molecule has 1 aromatic carbocycles. The number of rotatable bonds is 3. The van der Waals surface area contributed by atoms with Gasteiger partial charge in [0.15, 0.2) is 0 Å². The first-order chi connectivity index (χ1) is 9.56. The maximum Gasteiger partial charge on any atom is 0.310 e. The fraction of sp³-hybridized carbons (Fsp3) is 0.467. The maximum absolute atomic E-state index is 12.4. The molecule has 2 unspecified atom stereocenters. The third-order valence-corrected chi connectivity index (χ3v) is 4.41. The second-order valence-electron chi connectivity index (χ2n) is 5.15. The molecule has 1 aliphatic heterocycles. The van der Waals surface area contributed by atoms with Crippen molar-refractivity contribution in [3.63, 3.8) is 0 Å². The second-order valence-corrected chi connectivity index (χ2v) is 5.71. The summed E-state index contributed by atoms with van der Waals surface area (Å²) in [5, 5.41) is 0.770. The van der Waals surface area contributed by atoms with E-state index in [1.807, 2.05) is 31.2 Å². The lowest BCUT2D eigenvalue weighted by Gasteiger charge is -2.16. The molecule has 0 aliphatic carbocycles. The van der Waals surface area contributed by atoms with Gasteiger partial charge in [0.05, 0.1) is 13.0 Å². The number of amides is 1. The normalized spacial score (nSPS) is 21.9. The summed E-state index contributed by atoms with van der Waals surface area (Å²) < 4.78 is 4.79. The second kappa shape index (κ2) is 6.39. The van der Waals surface area contributed by atoms with Crippen LogP contribution in [0.3, 0.4) is 0 Å². The molecule has 0 radical (unpaired) electrons. The first-order valence-corrected chi connectivity index (χ1v) is 7.71.